The van der Waals surface area contributed by atoms with Crippen LogP contribution in [0.15, 0.2) is 18.2 Å². The molecule has 16 heavy (non-hydrogen) atoms. The Morgan fingerprint density at radius 2 is 2.25 bits per heavy atom. The van der Waals surface area contributed by atoms with Gasteiger partial charge in [-0.1, -0.05) is 27.8 Å². The van der Waals surface area contributed by atoms with Gasteiger partial charge in [-0.3, -0.25) is 0 Å². The predicted molar refractivity (Wildman–Crippen MR) is 67.8 cm³/mol. The van der Waals surface area contributed by atoms with Crippen molar-refractivity contribution in [3.8, 4) is 11.8 Å². The van der Waals surface area contributed by atoms with Crippen LogP contribution < -0.4 is 0 Å². The Morgan fingerprint density at radius 3 is 2.81 bits per heavy atom. The number of rotatable bonds is 2. The minimum Gasteiger partial charge on any atom is -0.465 e. The molecule has 0 saturated heterocycles. The lowest BCUT2D eigenvalue weighted by atomic mass is 10.1. The number of hydrogen-bond donors (Lipinski definition) is 0. The minimum atomic E-state index is -0.317. The highest BCUT2D eigenvalue weighted by atomic mass is 79.9. The van der Waals surface area contributed by atoms with Crippen LogP contribution in [0.2, 0.25) is 0 Å². The minimum absolute atomic E-state index is 0.317. The van der Waals surface area contributed by atoms with Gasteiger partial charge in [0, 0.05) is 17.3 Å². The molecule has 0 unspecified atom stereocenters. The molecule has 0 fully saturated rings. The molecule has 0 aromatic heterocycles. The number of aryl methyl sites for hydroxylation is 1. The zero-order chi connectivity index (χ0) is 12.0. The van der Waals surface area contributed by atoms with Crippen molar-refractivity contribution in [1.29, 1.82) is 0 Å². The number of methoxy groups -OCH3 is 1. The van der Waals surface area contributed by atoms with E-state index in [2.05, 4.69) is 32.5 Å². The number of benzene rings is 1. The maximum absolute atomic E-state index is 11.3. The largest absolute Gasteiger partial charge is 0.465 e. The fourth-order valence-corrected chi connectivity index (χ4v) is 1.45. The standard InChI is InChI=1S/C13H13BrO2/c1-10-9-12(13(15)16-2)7-6-11(10)5-3-4-8-14/h6-7,9H,4,8H2,1-2H3. The highest BCUT2D eigenvalue weighted by molar-refractivity contribution is 9.09. The Morgan fingerprint density at radius 1 is 1.50 bits per heavy atom. The maximum Gasteiger partial charge on any atom is 0.337 e. The second-order valence-corrected chi connectivity index (χ2v) is 4.06. The summed E-state index contributed by atoms with van der Waals surface area (Å²) in [4.78, 5) is 11.3. The van der Waals surface area contributed by atoms with Crippen LogP contribution in [0.3, 0.4) is 0 Å². The lowest BCUT2D eigenvalue weighted by molar-refractivity contribution is 0.0600. The first-order valence-corrected chi connectivity index (χ1v) is 6.05. The first kappa shape index (κ1) is 12.8. The SMILES string of the molecule is COC(=O)c1ccc(C#CCCBr)c(C)c1. The van der Waals surface area contributed by atoms with Gasteiger partial charge in [-0.2, -0.15) is 0 Å². The van der Waals surface area contributed by atoms with Gasteiger partial charge in [-0.25, -0.2) is 4.79 Å². The second-order valence-electron chi connectivity index (χ2n) is 3.26. The number of carbonyl (C=O) groups is 1. The lowest BCUT2D eigenvalue weighted by Crippen LogP contribution is -2.01. The van der Waals surface area contributed by atoms with Crippen molar-refractivity contribution in [1.82, 2.24) is 0 Å². The lowest BCUT2D eigenvalue weighted by Gasteiger charge is -2.02. The molecular formula is C13H13BrO2. The van der Waals surface area contributed by atoms with Crippen LogP contribution in [0, 0.1) is 18.8 Å². The van der Waals surface area contributed by atoms with Crippen molar-refractivity contribution in [2.24, 2.45) is 0 Å². The number of esters is 1. The van der Waals surface area contributed by atoms with E-state index in [1.807, 2.05) is 13.0 Å². The third-order valence-electron chi connectivity index (χ3n) is 2.09. The zero-order valence-electron chi connectivity index (χ0n) is 9.34. The molecule has 0 aliphatic carbocycles. The quantitative estimate of drug-likeness (QED) is 0.473. The molecule has 0 atom stereocenters. The zero-order valence-corrected chi connectivity index (χ0v) is 10.9. The number of ether oxygens (including phenoxy) is 1. The van der Waals surface area contributed by atoms with Gasteiger partial charge in [-0.05, 0) is 30.7 Å². The molecule has 0 aliphatic heterocycles. The summed E-state index contributed by atoms with van der Waals surface area (Å²) in [5.74, 6) is 5.79. The number of carbonyl (C=O) groups excluding carboxylic acids is 1. The normalized spacial score (nSPS) is 9.19. The Kier molecular flexibility index (Phi) is 5.07. The van der Waals surface area contributed by atoms with Crippen molar-refractivity contribution in [3.63, 3.8) is 0 Å². The van der Waals surface area contributed by atoms with Gasteiger partial charge in [0.05, 0.1) is 12.7 Å². The molecule has 1 aromatic carbocycles. The Hall–Kier alpha value is -1.27. The van der Waals surface area contributed by atoms with Gasteiger partial charge >= 0.3 is 5.97 Å². The smallest absolute Gasteiger partial charge is 0.337 e. The molecule has 3 heteroatoms. The van der Waals surface area contributed by atoms with Gasteiger partial charge < -0.3 is 4.74 Å². The molecule has 1 rings (SSSR count). The summed E-state index contributed by atoms with van der Waals surface area (Å²) in [7, 11) is 1.38. The first-order chi connectivity index (χ1) is 7.69. The molecule has 0 saturated carbocycles. The average Bonchev–Trinajstić information content (AvgIpc) is 2.30. The van der Waals surface area contributed by atoms with E-state index in [1.165, 1.54) is 7.11 Å². The number of alkyl halides is 1. The van der Waals surface area contributed by atoms with E-state index in [9.17, 15) is 4.79 Å². The van der Waals surface area contributed by atoms with Crippen LogP contribution in [-0.4, -0.2) is 18.4 Å². The van der Waals surface area contributed by atoms with E-state index >= 15 is 0 Å². The highest BCUT2D eigenvalue weighted by Gasteiger charge is 2.05. The van der Waals surface area contributed by atoms with Crippen LogP contribution in [-0.2, 0) is 4.74 Å². The molecule has 84 valence electrons. The van der Waals surface area contributed by atoms with Gasteiger partial charge in [0.15, 0.2) is 0 Å². The molecule has 0 amide bonds. The van der Waals surface area contributed by atoms with Gasteiger partial charge in [0.1, 0.15) is 0 Å². The Bertz CT molecular complexity index is 441. The monoisotopic (exact) mass is 280 g/mol. The molecule has 0 radical (unpaired) electrons. The fraction of sp³-hybridized carbons (Fsp3) is 0.308. The number of halogens is 1. The second kappa shape index (κ2) is 6.34. The number of hydrogen-bond acceptors (Lipinski definition) is 2. The van der Waals surface area contributed by atoms with Crippen LogP contribution in [0.25, 0.3) is 0 Å². The van der Waals surface area contributed by atoms with E-state index in [0.717, 1.165) is 22.9 Å². The summed E-state index contributed by atoms with van der Waals surface area (Å²) >= 11 is 3.32. The third kappa shape index (κ3) is 3.39. The molecule has 2 nitrogen and oxygen atoms in total. The van der Waals surface area contributed by atoms with Crippen LogP contribution in [0.4, 0.5) is 0 Å². The molecule has 0 bridgehead atoms. The van der Waals surface area contributed by atoms with Crippen LogP contribution >= 0.6 is 15.9 Å². The van der Waals surface area contributed by atoms with Crippen LogP contribution in [0.5, 0.6) is 0 Å². The van der Waals surface area contributed by atoms with Gasteiger partial charge in [0.2, 0.25) is 0 Å². The molecule has 0 heterocycles. The van der Waals surface area contributed by atoms with Crippen molar-refractivity contribution in [3.05, 3.63) is 34.9 Å². The molecule has 0 spiro atoms. The van der Waals surface area contributed by atoms with Crippen LogP contribution in [0.1, 0.15) is 27.9 Å². The van der Waals surface area contributed by atoms with Crippen molar-refractivity contribution in [2.45, 2.75) is 13.3 Å². The topological polar surface area (TPSA) is 26.3 Å². The summed E-state index contributed by atoms with van der Waals surface area (Å²) in [5.41, 5.74) is 2.50. The molecule has 1 aromatic rings. The summed E-state index contributed by atoms with van der Waals surface area (Å²) in [6.07, 6.45) is 0.818. The molecule has 0 N–H and O–H groups in total. The summed E-state index contributed by atoms with van der Waals surface area (Å²) in [6, 6.07) is 5.38. The van der Waals surface area contributed by atoms with E-state index in [0.29, 0.717) is 5.56 Å². The average molecular weight is 281 g/mol. The van der Waals surface area contributed by atoms with E-state index in [-0.39, 0.29) is 5.97 Å². The van der Waals surface area contributed by atoms with Gasteiger partial charge in [-0.15, -0.1) is 0 Å². The van der Waals surface area contributed by atoms with E-state index in [4.69, 9.17) is 0 Å². The molecule has 0 aliphatic rings. The first-order valence-electron chi connectivity index (χ1n) is 4.93. The fourth-order valence-electron chi connectivity index (χ4n) is 1.25. The highest BCUT2D eigenvalue weighted by Crippen LogP contribution is 2.11. The Balaban J connectivity index is 2.93. The predicted octanol–water partition coefficient (Wildman–Crippen LogP) is 2.92. The van der Waals surface area contributed by atoms with Crippen molar-refractivity contribution < 1.29 is 9.53 Å². The van der Waals surface area contributed by atoms with E-state index < -0.39 is 0 Å². The third-order valence-corrected chi connectivity index (χ3v) is 2.49. The van der Waals surface area contributed by atoms with Gasteiger partial charge in [0.25, 0.3) is 0 Å². The van der Waals surface area contributed by atoms with Crippen molar-refractivity contribution >= 4 is 21.9 Å². The summed E-state index contributed by atoms with van der Waals surface area (Å²) in [5, 5.41) is 0.874. The van der Waals surface area contributed by atoms with Crippen molar-refractivity contribution in [2.75, 3.05) is 12.4 Å². The summed E-state index contributed by atoms with van der Waals surface area (Å²) < 4.78 is 4.65. The van der Waals surface area contributed by atoms with E-state index in [1.54, 1.807) is 12.1 Å². The maximum atomic E-state index is 11.3. The summed E-state index contributed by atoms with van der Waals surface area (Å²) in [6.45, 7) is 1.94. The Labute approximate surface area is 104 Å². The molecular weight excluding hydrogens is 268 g/mol.